The Bertz CT molecular complexity index is 851. The van der Waals surface area contributed by atoms with Crippen LogP contribution in [0.4, 0.5) is 14.5 Å². The molecule has 0 aromatic heterocycles. The van der Waals surface area contributed by atoms with E-state index in [0.29, 0.717) is 44.8 Å². The zero-order chi connectivity index (χ0) is 20.6. The van der Waals surface area contributed by atoms with Crippen LogP contribution in [0.1, 0.15) is 10.4 Å². The van der Waals surface area contributed by atoms with Gasteiger partial charge in [-0.05, 0) is 24.3 Å². The van der Waals surface area contributed by atoms with Gasteiger partial charge in [0.1, 0.15) is 11.6 Å². The first kappa shape index (κ1) is 20.6. The smallest absolute Gasteiger partial charge is 0.251 e. The molecule has 1 fully saturated rings. The number of nitrogens with zero attached hydrogens (tertiary/aromatic N) is 3. The fourth-order valence-electron chi connectivity index (χ4n) is 3.26. The Kier molecular flexibility index (Phi) is 6.99. The number of guanidine groups is 1. The highest BCUT2D eigenvalue weighted by Crippen LogP contribution is 2.21. The summed E-state index contributed by atoms with van der Waals surface area (Å²) < 4.78 is 27.4. The monoisotopic (exact) mass is 401 g/mol. The van der Waals surface area contributed by atoms with E-state index < -0.39 is 11.6 Å². The van der Waals surface area contributed by atoms with Gasteiger partial charge in [-0.2, -0.15) is 0 Å². The van der Waals surface area contributed by atoms with E-state index in [1.807, 2.05) is 23.1 Å². The number of piperazine rings is 1. The van der Waals surface area contributed by atoms with Crippen LogP contribution in [0.25, 0.3) is 0 Å². The van der Waals surface area contributed by atoms with E-state index in [1.54, 1.807) is 19.2 Å². The largest absolute Gasteiger partial charge is 0.366 e. The normalized spacial score (nSPS) is 14.7. The summed E-state index contributed by atoms with van der Waals surface area (Å²) in [6.07, 6.45) is 0. The first-order valence-electron chi connectivity index (χ1n) is 9.57. The molecule has 0 bridgehead atoms. The molecule has 29 heavy (non-hydrogen) atoms. The maximum absolute atomic E-state index is 14.0. The molecule has 0 saturated carbocycles. The quantitative estimate of drug-likeness (QED) is 0.458. The Labute approximate surface area is 169 Å². The van der Waals surface area contributed by atoms with Gasteiger partial charge in [-0.1, -0.05) is 18.2 Å². The number of aliphatic imine (C=N–C) groups is 1. The summed E-state index contributed by atoms with van der Waals surface area (Å²) in [4.78, 5) is 20.2. The van der Waals surface area contributed by atoms with Gasteiger partial charge in [0.15, 0.2) is 5.96 Å². The van der Waals surface area contributed by atoms with E-state index in [0.717, 1.165) is 18.1 Å². The van der Waals surface area contributed by atoms with Crippen molar-refractivity contribution in [3.63, 3.8) is 0 Å². The van der Waals surface area contributed by atoms with Crippen molar-refractivity contribution < 1.29 is 13.6 Å². The molecular formula is C21H25F2N5O. The molecule has 0 unspecified atom stereocenters. The molecular weight excluding hydrogens is 376 g/mol. The van der Waals surface area contributed by atoms with Crippen LogP contribution in [0, 0.1) is 11.6 Å². The van der Waals surface area contributed by atoms with Gasteiger partial charge in [0, 0.05) is 57.9 Å². The number of hydrogen-bond donors (Lipinski definition) is 2. The predicted octanol–water partition coefficient (Wildman–Crippen LogP) is 2.09. The SMILES string of the molecule is CN=C(NCCNC(=O)c1ccccc1)N1CCN(c2cc(F)ccc2F)CC1. The van der Waals surface area contributed by atoms with Crippen molar-refractivity contribution in [3.05, 3.63) is 65.7 Å². The molecule has 8 heteroatoms. The lowest BCUT2D eigenvalue weighted by atomic mass is 10.2. The Balaban J connectivity index is 1.44. The molecule has 2 aromatic carbocycles. The summed E-state index contributed by atoms with van der Waals surface area (Å²) in [5, 5.41) is 6.09. The van der Waals surface area contributed by atoms with Crippen LogP contribution in [0.3, 0.4) is 0 Å². The molecule has 0 atom stereocenters. The highest BCUT2D eigenvalue weighted by molar-refractivity contribution is 5.94. The number of nitrogens with one attached hydrogen (secondary N) is 2. The molecule has 6 nitrogen and oxygen atoms in total. The maximum Gasteiger partial charge on any atom is 0.251 e. The molecule has 2 aromatic rings. The summed E-state index contributed by atoms with van der Waals surface area (Å²) >= 11 is 0. The summed E-state index contributed by atoms with van der Waals surface area (Å²) in [7, 11) is 1.70. The van der Waals surface area contributed by atoms with Crippen LogP contribution in [0.15, 0.2) is 53.5 Å². The first-order valence-corrected chi connectivity index (χ1v) is 9.57. The number of carbonyl (C=O) groups excluding carboxylic acids is 1. The van der Waals surface area contributed by atoms with Crippen LogP contribution in [0.2, 0.25) is 0 Å². The average molecular weight is 401 g/mol. The molecule has 1 aliphatic rings. The van der Waals surface area contributed by atoms with Crippen molar-refractivity contribution in [2.75, 3.05) is 51.2 Å². The second kappa shape index (κ2) is 9.86. The molecule has 0 aliphatic carbocycles. The molecule has 1 aliphatic heterocycles. The first-order chi connectivity index (χ1) is 14.1. The predicted molar refractivity (Wildman–Crippen MR) is 110 cm³/mol. The summed E-state index contributed by atoms with van der Waals surface area (Å²) in [5.41, 5.74) is 0.911. The Morgan fingerprint density at radius 3 is 2.38 bits per heavy atom. The minimum Gasteiger partial charge on any atom is -0.366 e. The van der Waals surface area contributed by atoms with E-state index >= 15 is 0 Å². The van der Waals surface area contributed by atoms with Crippen molar-refractivity contribution in [1.29, 1.82) is 0 Å². The van der Waals surface area contributed by atoms with Crippen molar-refractivity contribution in [2.45, 2.75) is 0 Å². The highest BCUT2D eigenvalue weighted by atomic mass is 19.1. The van der Waals surface area contributed by atoms with E-state index in [-0.39, 0.29) is 11.6 Å². The van der Waals surface area contributed by atoms with Crippen molar-refractivity contribution in [3.8, 4) is 0 Å². The van der Waals surface area contributed by atoms with Gasteiger partial charge >= 0.3 is 0 Å². The minimum atomic E-state index is -0.446. The van der Waals surface area contributed by atoms with Gasteiger partial charge < -0.3 is 20.4 Å². The number of halogens is 2. The van der Waals surface area contributed by atoms with Gasteiger partial charge in [0.05, 0.1) is 5.69 Å². The van der Waals surface area contributed by atoms with Crippen molar-refractivity contribution >= 4 is 17.6 Å². The fraction of sp³-hybridized carbons (Fsp3) is 0.333. The van der Waals surface area contributed by atoms with Gasteiger partial charge in [-0.25, -0.2) is 8.78 Å². The van der Waals surface area contributed by atoms with Gasteiger partial charge in [0.25, 0.3) is 5.91 Å². The Morgan fingerprint density at radius 1 is 1.00 bits per heavy atom. The standard InChI is InChI=1S/C21H25F2N5O/c1-24-21(26-10-9-25-20(29)16-5-3-2-4-6-16)28-13-11-27(12-14-28)19-15-17(22)7-8-18(19)23/h2-8,15H,9-14H2,1H3,(H,24,26)(H,25,29). The van der Waals surface area contributed by atoms with Gasteiger partial charge in [0.2, 0.25) is 0 Å². The molecule has 1 amide bonds. The fourth-order valence-corrected chi connectivity index (χ4v) is 3.26. The molecule has 1 heterocycles. The van der Waals surface area contributed by atoms with E-state index in [4.69, 9.17) is 0 Å². The zero-order valence-electron chi connectivity index (χ0n) is 16.4. The van der Waals surface area contributed by atoms with E-state index in [1.165, 1.54) is 6.07 Å². The minimum absolute atomic E-state index is 0.117. The molecule has 1 saturated heterocycles. The second-order valence-corrected chi connectivity index (χ2v) is 6.67. The molecule has 3 rings (SSSR count). The van der Waals surface area contributed by atoms with Crippen LogP contribution < -0.4 is 15.5 Å². The maximum atomic E-state index is 14.0. The highest BCUT2D eigenvalue weighted by Gasteiger charge is 2.22. The molecule has 0 spiro atoms. The summed E-state index contributed by atoms with van der Waals surface area (Å²) in [6, 6.07) is 12.6. The Hall–Kier alpha value is -3.16. The van der Waals surface area contributed by atoms with Crippen LogP contribution in [-0.4, -0.2) is 63.1 Å². The molecule has 0 radical (unpaired) electrons. The average Bonchev–Trinajstić information content (AvgIpc) is 2.76. The second-order valence-electron chi connectivity index (χ2n) is 6.67. The lowest BCUT2D eigenvalue weighted by molar-refractivity contribution is 0.0954. The number of hydrogen-bond acceptors (Lipinski definition) is 3. The third-order valence-electron chi connectivity index (χ3n) is 4.77. The van der Waals surface area contributed by atoms with Gasteiger partial charge in [-0.3, -0.25) is 9.79 Å². The van der Waals surface area contributed by atoms with Gasteiger partial charge in [-0.15, -0.1) is 0 Å². The van der Waals surface area contributed by atoms with Crippen LogP contribution in [-0.2, 0) is 0 Å². The van der Waals surface area contributed by atoms with Crippen LogP contribution in [0.5, 0.6) is 0 Å². The third-order valence-corrected chi connectivity index (χ3v) is 4.77. The third kappa shape index (κ3) is 5.43. The van der Waals surface area contributed by atoms with Crippen molar-refractivity contribution in [1.82, 2.24) is 15.5 Å². The lowest BCUT2D eigenvalue weighted by Crippen LogP contribution is -2.53. The van der Waals surface area contributed by atoms with Crippen LogP contribution >= 0.6 is 0 Å². The molecule has 154 valence electrons. The Morgan fingerprint density at radius 2 is 1.69 bits per heavy atom. The number of anilines is 1. The van der Waals surface area contributed by atoms with Crippen molar-refractivity contribution in [2.24, 2.45) is 4.99 Å². The topological polar surface area (TPSA) is 60.0 Å². The zero-order valence-corrected chi connectivity index (χ0v) is 16.4. The number of amides is 1. The number of benzene rings is 2. The van der Waals surface area contributed by atoms with E-state index in [9.17, 15) is 13.6 Å². The number of rotatable bonds is 5. The number of carbonyl (C=O) groups is 1. The van der Waals surface area contributed by atoms with E-state index in [2.05, 4.69) is 20.5 Å². The molecule has 2 N–H and O–H groups in total. The summed E-state index contributed by atoms with van der Waals surface area (Å²) in [5.74, 6) is -0.262. The lowest BCUT2D eigenvalue weighted by Gasteiger charge is -2.37. The summed E-state index contributed by atoms with van der Waals surface area (Å²) in [6.45, 7) is 3.38.